The summed E-state index contributed by atoms with van der Waals surface area (Å²) < 4.78 is 0. The first-order valence-corrected chi connectivity index (χ1v) is 6.20. The van der Waals surface area contributed by atoms with E-state index >= 15 is 0 Å². The van der Waals surface area contributed by atoms with Gasteiger partial charge in [0, 0.05) is 18.6 Å². The first kappa shape index (κ1) is 13.2. The van der Waals surface area contributed by atoms with Crippen LogP contribution in [0.15, 0.2) is 30.3 Å². The van der Waals surface area contributed by atoms with Gasteiger partial charge in [0.1, 0.15) is 0 Å². The molecule has 1 rings (SSSR count). The normalized spacial score (nSPS) is 16.8. The SMILES string of the molecule is CCC(C)C(C)NC(CN)c1ccccc1. The molecule has 0 heterocycles. The minimum absolute atomic E-state index is 0.269. The molecular weight excluding hydrogens is 196 g/mol. The quantitative estimate of drug-likeness (QED) is 0.773. The third kappa shape index (κ3) is 3.62. The molecule has 0 spiro atoms. The fraction of sp³-hybridized carbons (Fsp3) is 0.571. The summed E-state index contributed by atoms with van der Waals surface area (Å²) in [5.41, 5.74) is 7.11. The predicted octanol–water partition coefficient (Wildman–Crippen LogP) is 2.71. The number of hydrogen-bond donors (Lipinski definition) is 2. The summed E-state index contributed by atoms with van der Waals surface area (Å²) in [5, 5.41) is 3.61. The lowest BCUT2D eigenvalue weighted by Crippen LogP contribution is -2.38. The van der Waals surface area contributed by atoms with Crippen molar-refractivity contribution in [1.82, 2.24) is 5.32 Å². The van der Waals surface area contributed by atoms with Crippen LogP contribution in [0.4, 0.5) is 0 Å². The molecule has 2 heteroatoms. The maximum absolute atomic E-state index is 5.83. The number of benzene rings is 1. The predicted molar refractivity (Wildman–Crippen MR) is 70.3 cm³/mol. The van der Waals surface area contributed by atoms with Gasteiger partial charge < -0.3 is 11.1 Å². The topological polar surface area (TPSA) is 38.0 Å². The lowest BCUT2D eigenvalue weighted by molar-refractivity contribution is 0.353. The molecule has 0 saturated carbocycles. The monoisotopic (exact) mass is 220 g/mol. The Hall–Kier alpha value is -0.860. The summed E-state index contributed by atoms with van der Waals surface area (Å²) >= 11 is 0. The van der Waals surface area contributed by atoms with Crippen molar-refractivity contribution in [2.45, 2.75) is 39.3 Å². The van der Waals surface area contributed by atoms with Gasteiger partial charge in [-0.2, -0.15) is 0 Å². The molecule has 0 radical (unpaired) electrons. The van der Waals surface area contributed by atoms with Crippen LogP contribution >= 0.6 is 0 Å². The molecular formula is C14H24N2. The summed E-state index contributed by atoms with van der Waals surface area (Å²) in [6, 6.07) is 11.2. The van der Waals surface area contributed by atoms with E-state index < -0.39 is 0 Å². The van der Waals surface area contributed by atoms with Gasteiger partial charge in [0.15, 0.2) is 0 Å². The molecule has 0 bridgehead atoms. The van der Waals surface area contributed by atoms with Gasteiger partial charge in [-0.05, 0) is 18.4 Å². The molecule has 1 aromatic carbocycles. The van der Waals surface area contributed by atoms with E-state index in [2.05, 4.69) is 50.4 Å². The number of hydrogen-bond acceptors (Lipinski definition) is 2. The number of rotatable bonds is 6. The Balaban J connectivity index is 2.62. The molecule has 3 atom stereocenters. The molecule has 0 aromatic heterocycles. The van der Waals surface area contributed by atoms with Crippen LogP contribution in [0.2, 0.25) is 0 Å². The molecule has 1 aromatic rings. The van der Waals surface area contributed by atoms with Crippen molar-refractivity contribution in [3.63, 3.8) is 0 Å². The number of nitrogens with one attached hydrogen (secondary N) is 1. The average molecular weight is 220 g/mol. The maximum Gasteiger partial charge on any atom is 0.0446 e. The van der Waals surface area contributed by atoms with Gasteiger partial charge in [0.2, 0.25) is 0 Å². The largest absolute Gasteiger partial charge is 0.329 e. The van der Waals surface area contributed by atoms with Crippen molar-refractivity contribution in [2.24, 2.45) is 11.7 Å². The Morgan fingerprint density at radius 2 is 1.81 bits per heavy atom. The molecule has 0 saturated heterocycles. The standard InChI is InChI=1S/C14H24N2/c1-4-11(2)12(3)16-14(10-15)13-8-6-5-7-9-13/h5-9,11-12,14,16H,4,10,15H2,1-3H3. The smallest absolute Gasteiger partial charge is 0.0446 e. The highest BCUT2D eigenvalue weighted by atomic mass is 15.0. The van der Waals surface area contributed by atoms with Crippen LogP contribution in [-0.4, -0.2) is 12.6 Å². The summed E-state index contributed by atoms with van der Waals surface area (Å²) in [5.74, 6) is 0.678. The Morgan fingerprint density at radius 1 is 1.19 bits per heavy atom. The summed E-state index contributed by atoms with van der Waals surface area (Å²) in [4.78, 5) is 0. The zero-order valence-corrected chi connectivity index (χ0v) is 10.6. The average Bonchev–Trinajstić information content (AvgIpc) is 2.35. The van der Waals surface area contributed by atoms with Gasteiger partial charge in [0.05, 0.1) is 0 Å². The van der Waals surface area contributed by atoms with E-state index in [1.165, 1.54) is 12.0 Å². The zero-order chi connectivity index (χ0) is 12.0. The molecule has 0 amide bonds. The maximum atomic E-state index is 5.83. The molecule has 0 fully saturated rings. The van der Waals surface area contributed by atoms with E-state index in [1.807, 2.05) is 6.07 Å². The molecule has 3 N–H and O–H groups in total. The molecule has 0 aliphatic rings. The second kappa shape index (κ2) is 6.66. The highest BCUT2D eigenvalue weighted by Gasteiger charge is 2.15. The molecule has 0 aliphatic carbocycles. The Morgan fingerprint density at radius 3 is 2.31 bits per heavy atom. The lowest BCUT2D eigenvalue weighted by atomic mass is 9.98. The van der Waals surface area contributed by atoms with E-state index in [1.54, 1.807) is 0 Å². The summed E-state index contributed by atoms with van der Waals surface area (Å²) in [6.07, 6.45) is 1.19. The van der Waals surface area contributed by atoms with Gasteiger partial charge in [-0.1, -0.05) is 50.6 Å². The van der Waals surface area contributed by atoms with Crippen LogP contribution in [0.3, 0.4) is 0 Å². The van der Waals surface area contributed by atoms with Crippen molar-refractivity contribution in [1.29, 1.82) is 0 Å². The van der Waals surface area contributed by atoms with Crippen LogP contribution in [0.1, 0.15) is 38.8 Å². The molecule has 90 valence electrons. The van der Waals surface area contributed by atoms with Crippen molar-refractivity contribution in [2.75, 3.05) is 6.54 Å². The third-order valence-electron chi connectivity index (χ3n) is 3.40. The molecule has 2 nitrogen and oxygen atoms in total. The fourth-order valence-electron chi connectivity index (χ4n) is 1.82. The Labute approximate surface area is 99.2 Å². The lowest BCUT2D eigenvalue weighted by Gasteiger charge is -2.26. The van der Waals surface area contributed by atoms with Crippen LogP contribution in [0.5, 0.6) is 0 Å². The van der Waals surface area contributed by atoms with E-state index in [4.69, 9.17) is 5.73 Å². The van der Waals surface area contributed by atoms with Gasteiger partial charge in [-0.3, -0.25) is 0 Å². The van der Waals surface area contributed by atoms with Crippen molar-refractivity contribution in [3.8, 4) is 0 Å². The zero-order valence-electron chi connectivity index (χ0n) is 10.6. The van der Waals surface area contributed by atoms with E-state index in [9.17, 15) is 0 Å². The van der Waals surface area contributed by atoms with Crippen LogP contribution < -0.4 is 11.1 Å². The Kier molecular flexibility index (Phi) is 5.50. The minimum Gasteiger partial charge on any atom is -0.329 e. The highest BCUT2D eigenvalue weighted by Crippen LogP contribution is 2.15. The highest BCUT2D eigenvalue weighted by molar-refractivity contribution is 5.19. The van der Waals surface area contributed by atoms with Gasteiger partial charge in [-0.15, -0.1) is 0 Å². The van der Waals surface area contributed by atoms with Gasteiger partial charge in [-0.25, -0.2) is 0 Å². The van der Waals surface area contributed by atoms with Crippen LogP contribution in [0, 0.1) is 5.92 Å². The molecule has 0 aliphatic heterocycles. The summed E-state index contributed by atoms with van der Waals surface area (Å²) in [6.45, 7) is 7.38. The third-order valence-corrected chi connectivity index (χ3v) is 3.40. The van der Waals surface area contributed by atoms with Crippen molar-refractivity contribution < 1.29 is 0 Å². The number of nitrogens with two attached hydrogens (primary N) is 1. The first-order chi connectivity index (χ1) is 7.69. The molecule has 16 heavy (non-hydrogen) atoms. The fourth-order valence-corrected chi connectivity index (χ4v) is 1.82. The van der Waals surface area contributed by atoms with Gasteiger partial charge >= 0.3 is 0 Å². The first-order valence-electron chi connectivity index (χ1n) is 6.20. The van der Waals surface area contributed by atoms with Crippen molar-refractivity contribution >= 4 is 0 Å². The Bertz CT molecular complexity index is 284. The second-order valence-electron chi connectivity index (χ2n) is 4.54. The van der Waals surface area contributed by atoms with E-state index in [-0.39, 0.29) is 6.04 Å². The van der Waals surface area contributed by atoms with Crippen LogP contribution in [0.25, 0.3) is 0 Å². The van der Waals surface area contributed by atoms with Crippen LogP contribution in [-0.2, 0) is 0 Å². The molecule has 3 unspecified atom stereocenters. The second-order valence-corrected chi connectivity index (χ2v) is 4.54. The summed E-state index contributed by atoms with van der Waals surface area (Å²) in [7, 11) is 0. The van der Waals surface area contributed by atoms with Gasteiger partial charge in [0.25, 0.3) is 0 Å². The van der Waals surface area contributed by atoms with Crippen molar-refractivity contribution in [3.05, 3.63) is 35.9 Å². The van der Waals surface area contributed by atoms with E-state index in [0.717, 1.165) is 0 Å². The van der Waals surface area contributed by atoms with E-state index in [0.29, 0.717) is 18.5 Å². The minimum atomic E-state index is 0.269.